The maximum Gasteiger partial charge on any atom is 0.264 e. The van der Waals surface area contributed by atoms with Crippen molar-refractivity contribution in [1.82, 2.24) is 25.0 Å². The van der Waals surface area contributed by atoms with Gasteiger partial charge in [-0.15, -0.1) is 11.3 Å². The molecular weight excluding hydrogens is 366 g/mol. The Morgan fingerprint density at radius 2 is 2.22 bits per heavy atom. The molecule has 9 heteroatoms. The Kier molecular flexibility index (Phi) is 5.21. The van der Waals surface area contributed by atoms with Crippen molar-refractivity contribution in [2.24, 2.45) is 0 Å². The number of hydrogen-bond acceptors (Lipinski definition) is 8. The van der Waals surface area contributed by atoms with Crippen LogP contribution in [0.25, 0.3) is 11.5 Å². The Morgan fingerprint density at radius 1 is 1.37 bits per heavy atom. The maximum absolute atomic E-state index is 12.6. The number of thiophene rings is 1. The monoisotopic (exact) mass is 385 g/mol. The molecule has 4 rings (SSSR count). The number of amides is 1. The molecule has 0 spiro atoms. The van der Waals surface area contributed by atoms with Crippen LogP contribution in [0.5, 0.6) is 0 Å². The zero-order chi connectivity index (χ0) is 18.6. The highest BCUT2D eigenvalue weighted by atomic mass is 32.1. The van der Waals surface area contributed by atoms with Crippen molar-refractivity contribution < 1.29 is 14.1 Å². The van der Waals surface area contributed by atoms with Gasteiger partial charge in [0.05, 0.1) is 17.2 Å². The topological polar surface area (TPSA) is 94.2 Å². The second kappa shape index (κ2) is 7.93. The summed E-state index contributed by atoms with van der Waals surface area (Å²) in [5.74, 6) is 0.920. The van der Waals surface area contributed by atoms with Crippen molar-refractivity contribution in [3.05, 3.63) is 46.4 Å². The first-order chi connectivity index (χ1) is 13.2. The fourth-order valence-corrected chi connectivity index (χ4v) is 3.87. The van der Waals surface area contributed by atoms with Gasteiger partial charge in [0.1, 0.15) is 12.3 Å². The molecule has 1 amide bonds. The molecule has 0 aliphatic carbocycles. The van der Waals surface area contributed by atoms with Gasteiger partial charge in [0.2, 0.25) is 5.82 Å². The summed E-state index contributed by atoms with van der Waals surface area (Å²) >= 11 is 1.50. The van der Waals surface area contributed by atoms with Crippen molar-refractivity contribution >= 4 is 17.2 Å². The predicted molar refractivity (Wildman–Crippen MR) is 98.1 cm³/mol. The van der Waals surface area contributed by atoms with Crippen LogP contribution in [-0.4, -0.2) is 50.1 Å². The molecule has 1 saturated heterocycles. The van der Waals surface area contributed by atoms with Crippen LogP contribution < -0.4 is 0 Å². The van der Waals surface area contributed by atoms with E-state index in [1.54, 1.807) is 18.6 Å². The van der Waals surface area contributed by atoms with Crippen LogP contribution in [0, 0.1) is 6.92 Å². The highest BCUT2D eigenvalue weighted by Crippen LogP contribution is 2.22. The number of hydrogen-bond donors (Lipinski definition) is 0. The third kappa shape index (κ3) is 4.04. The molecule has 0 aromatic carbocycles. The Labute approximate surface area is 160 Å². The van der Waals surface area contributed by atoms with Crippen LogP contribution in [0.4, 0.5) is 0 Å². The van der Waals surface area contributed by atoms with Gasteiger partial charge in [-0.2, -0.15) is 4.98 Å². The van der Waals surface area contributed by atoms with E-state index < -0.39 is 0 Å². The zero-order valence-corrected chi connectivity index (χ0v) is 15.7. The molecule has 1 fully saturated rings. The lowest BCUT2D eigenvalue weighted by molar-refractivity contribution is -0.00970. The molecule has 0 N–H and O–H groups in total. The SMILES string of the molecule is Cc1ccsc1C(=O)N1CCC(OCc2nc(-c3cnccn3)no2)CC1. The first-order valence-corrected chi connectivity index (χ1v) is 9.62. The maximum atomic E-state index is 12.6. The third-order valence-electron chi connectivity index (χ3n) is 4.49. The van der Waals surface area contributed by atoms with E-state index >= 15 is 0 Å². The fourth-order valence-electron chi connectivity index (χ4n) is 2.98. The van der Waals surface area contributed by atoms with Crippen LogP contribution in [-0.2, 0) is 11.3 Å². The van der Waals surface area contributed by atoms with Crippen molar-refractivity contribution in [2.45, 2.75) is 32.5 Å². The summed E-state index contributed by atoms with van der Waals surface area (Å²) in [5.41, 5.74) is 1.60. The molecule has 27 heavy (non-hydrogen) atoms. The third-order valence-corrected chi connectivity index (χ3v) is 5.49. The normalized spacial score (nSPS) is 15.2. The first kappa shape index (κ1) is 17.7. The number of aryl methyl sites for hydroxylation is 1. The number of piperidine rings is 1. The summed E-state index contributed by atoms with van der Waals surface area (Å²) in [6, 6.07) is 1.98. The summed E-state index contributed by atoms with van der Waals surface area (Å²) in [7, 11) is 0. The molecule has 0 bridgehead atoms. The second-order valence-corrected chi connectivity index (χ2v) is 7.25. The van der Waals surface area contributed by atoms with E-state index in [0.717, 1.165) is 23.3 Å². The molecule has 3 aromatic rings. The van der Waals surface area contributed by atoms with Gasteiger partial charge in [-0.3, -0.25) is 9.78 Å². The average molecular weight is 385 g/mol. The summed E-state index contributed by atoms with van der Waals surface area (Å²) in [4.78, 5) is 27.7. The minimum Gasteiger partial charge on any atom is -0.368 e. The Hall–Kier alpha value is -2.65. The fraction of sp³-hybridized carbons (Fsp3) is 0.389. The summed E-state index contributed by atoms with van der Waals surface area (Å²) in [5, 5.41) is 5.86. The van der Waals surface area contributed by atoms with E-state index in [0.29, 0.717) is 30.5 Å². The smallest absolute Gasteiger partial charge is 0.264 e. The quantitative estimate of drug-likeness (QED) is 0.666. The number of rotatable bonds is 5. The lowest BCUT2D eigenvalue weighted by atomic mass is 10.1. The van der Waals surface area contributed by atoms with Gasteiger partial charge >= 0.3 is 0 Å². The number of carbonyl (C=O) groups excluding carboxylic acids is 1. The number of nitrogens with zero attached hydrogens (tertiary/aromatic N) is 5. The molecule has 0 saturated carbocycles. The van der Waals surface area contributed by atoms with Crippen molar-refractivity contribution in [3.8, 4) is 11.5 Å². The van der Waals surface area contributed by atoms with Gasteiger partial charge in [-0.1, -0.05) is 5.16 Å². The van der Waals surface area contributed by atoms with Crippen LogP contribution in [0.15, 0.2) is 34.6 Å². The molecule has 3 aromatic heterocycles. The highest BCUT2D eigenvalue weighted by Gasteiger charge is 2.26. The van der Waals surface area contributed by atoms with Crippen LogP contribution in [0.2, 0.25) is 0 Å². The lowest BCUT2D eigenvalue weighted by Gasteiger charge is -2.31. The Morgan fingerprint density at radius 3 is 2.93 bits per heavy atom. The highest BCUT2D eigenvalue weighted by molar-refractivity contribution is 7.12. The average Bonchev–Trinajstić information content (AvgIpc) is 3.36. The molecule has 140 valence electrons. The lowest BCUT2D eigenvalue weighted by Crippen LogP contribution is -2.40. The van der Waals surface area contributed by atoms with Crippen molar-refractivity contribution in [2.75, 3.05) is 13.1 Å². The zero-order valence-electron chi connectivity index (χ0n) is 14.9. The van der Waals surface area contributed by atoms with E-state index in [-0.39, 0.29) is 18.6 Å². The predicted octanol–water partition coefficient (Wildman–Crippen LogP) is 2.72. The Balaban J connectivity index is 1.27. The minimum absolute atomic E-state index is 0.0744. The second-order valence-electron chi connectivity index (χ2n) is 6.34. The summed E-state index contributed by atoms with van der Waals surface area (Å²) < 4.78 is 11.1. The van der Waals surface area contributed by atoms with Gasteiger partial charge in [0.25, 0.3) is 11.8 Å². The molecule has 0 atom stereocenters. The van der Waals surface area contributed by atoms with E-state index in [9.17, 15) is 4.79 Å². The summed E-state index contributed by atoms with van der Waals surface area (Å²) in [6.45, 7) is 3.60. The van der Waals surface area contributed by atoms with Gasteiger partial charge in [-0.05, 0) is 36.8 Å². The van der Waals surface area contributed by atoms with E-state index in [1.165, 1.54) is 11.3 Å². The molecular formula is C18H19N5O3S. The van der Waals surface area contributed by atoms with Gasteiger partial charge in [-0.25, -0.2) is 4.98 Å². The number of ether oxygens (including phenoxy) is 1. The molecule has 1 aliphatic rings. The van der Waals surface area contributed by atoms with Crippen molar-refractivity contribution in [3.63, 3.8) is 0 Å². The largest absolute Gasteiger partial charge is 0.368 e. The first-order valence-electron chi connectivity index (χ1n) is 8.74. The van der Waals surface area contributed by atoms with E-state index in [4.69, 9.17) is 9.26 Å². The summed E-state index contributed by atoms with van der Waals surface area (Å²) in [6.07, 6.45) is 6.41. The minimum atomic E-state index is 0.0744. The van der Waals surface area contributed by atoms with E-state index in [2.05, 4.69) is 20.1 Å². The number of aromatic nitrogens is 4. The van der Waals surface area contributed by atoms with E-state index in [1.807, 2.05) is 23.3 Å². The standard InChI is InChI=1S/C18H19N5O3S/c1-12-4-9-27-16(12)18(24)23-7-2-13(3-8-23)25-11-15-21-17(22-26-15)14-10-19-5-6-20-14/h4-6,9-10,13H,2-3,7-8,11H2,1H3. The molecule has 1 aliphatic heterocycles. The molecule has 8 nitrogen and oxygen atoms in total. The number of carbonyl (C=O) groups is 1. The molecule has 4 heterocycles. The number of likely N-dealkylation sites (tertiary alicyclic amines) is 1. The van der Waals surface area contributed by atoms with Gasteiger partial charge < -0.3 is 14.2 Å². The van der Waals surface area contributed by atoms with Crippen molar-refractivity contribution in [1.29, 1.82) is 0 Å². The van der Waals surface area contributed by atoms with Crippen LogP contribution >= 0.6 is 11.3 Å². The van der Waals surface area contributed by atoms with Crippen LogP contribution in [0.1, 0.15) is 34.0 Å². The van der Waals surface area contributed by atoms with Gasteiger partial charge in [0, 0.05) is 25.5 Å². The molecule has 0 radical (unpaired) electrons. The molecule has 0 unspecified atom stereocenters. The van der Waals surface area contributed by atoms with Gasteiger partial charge in [0.15, 0.2) is 0 Å². The van der Waals surface area contributed by atoms with Crippen LogP contribution in [0.3, 0.4) is 0 Å². The Bertz CT molecular complexity index is 903.